The Bertz CT molecular complexity index is 439. The van der Waals surface area contributed by atoms with E-state index in [-0.39, 0.29) is 18.0 Å². The second-order valence-electron chi connectivity index (χ2n) is 3.11. The summed E-state index contributed by atoms with van der Waals surface area (Å²) < 4.78 is 5.07. The zero-order chi connectivity index (χ0) is 12.1. The lowest BCUT2D eigenvalue weighted by atomic mass is 10.2. The first kappa shape index (κ1) is 11.9. The summed E-state index contributed by atoms with van der Waals surface area (Å²) in [5.41, 5.74) is 0.164. The number of nitro benzene ring substituents is 1. The molecule has 6 nitrogen and oxygen atoms in total. The summed E-state index contributed by atoms with van der Waals surface area (Å²) in [6.45, 7) is 1.21. The average Bonchev–Trinajstić information content (AvgIpc) is 2.29. The molecule has 0 radical (unpaired) electrons. The third kappa shape index (κ3) is 2.68. The van der Waals surface area contributed by atoms with Crippen molar-refractivity contribution in [2.24, 2.45) is 0 Å². The molecule has 0 aliphatic carbocycles. The molecule has 0 fully saturated rings. The quantitative estimate of drug-likeness (QED) is 0.613. The van der Waals surface area contributed by atoms with Crippen LogP contribution in [0, 0.1) is 21.4 Å². The maximum atomic E-state index is 10.7. The van der Waals surface area contributed by atoms with Crippen LogP contribution in [0.4, 0.5) is 5.69 Å². The topological polar surface area (TPSA) is 96.4 Å². The van der Waals surface area contributed by atoms with Gasteiger partial charge in [0.1, 0.15) is 6.07 Å². The summed E-state index contributed by atoms with van der Waals surface area (Å²) in [6.07, 6.45) is -0.765. The Labute approximate surface area is 91.8 Å². The van der Waals surface area contributed by atoms with Gasteiger partial charge < -0.3 is 9.84 Å². The maximum Gasteiger partial charge on any atom is 0.311 e. The van der Waals surface area contributed by atoms with Crippen LogP contribution in [0.3, 0.4) is 0 Å². The summed E-state index contributed by atoms with van der Waals surface area (Å²) in [5.74, 6) is 0.0243. The second-order valence-corrected chi connectivity index (χ2v) is 3.11. The molecule has 6 heteroatoms. The van der Waals surface area contributed by atoms with Crippen LogP contribution < -0.4 is 4.74 Å². The highest BCUT2D eigenvalue weighted by Crippen LogP contribution is 2.28. The molecule has 1 N–H and O–H groups in total. The molecule has 0 aliphatic heterocycles. The van der Waals surface area contributed by atoms with E-state index >= 15 is 0 Å². The molecule has 0 saturated heterocycles. The average molecular weight is 222 g/mol. The third-order valence-electron chi connectivity index (χ3n) is 1.89. The first-order valence-corrected chi connectivity index (χ1v) is 4.53. The minimum Gasteiger partial charge on any atom is -0.469 e. The number of hydrogen-bond donors (Lipinski definition) is 1. The molecule has 0 aliphatic rings. The predicted molar refractivity (Wildman–Crippen MR) is 54.7 cm³/mol. The van der Waals surface area contributed by atoms with E-state index in [0.29, 0.717) is 5.56 Å². The highest BCUT2D eigenvalue weighted by molar-refractivity contribution is 5.48. The van der Waals surface area contributed by atoms with Crippen molar-refractivity contribution in [3.63, 3.8) is 0 Å². The number of nitriles is 1. The van der Waals surface area contributed by atoms with Gasteiger partial charge in [0.15, 0.2) is 11.9 Å². The van der Waals surface area contributed by atoms with Gasteiger partial charge in [0, 0.05) is 6.07 Å². The zero-order valence-electron chi connectivity index (χ0n) is 8.58. The number of nitro groups is 1. The van der Waals surface area contributed by atoms with Gasteiger partial charge in [0.25, 0.3) is 0 Å². The summed E-state index contributed by atoms with van der Waals surface area (Å²) in [7, 11) is 0. The van der Waals surface area contributed by atoms with Crippen molar-refractivity contribution >= 4 is 5.69 Å². The van der Waals surface area contributed by atoms with Gasteiger partial charge in [-0.1, -0.05) is 6.07 Å². The van der Waals surface area contributed by atoms with Crippen molar-refractivity contribution < 1.29 is 14.8 Å². The molecule has 0 saturated carbocycles. The molecule has 0 spiro atoms. The molecule has 0 amide bonds. The highest BCUT2D eigenvalue weighted by Gasteiger charge is 2.17. The monoisotopic (exact) mass is 222 g/mol. The smallest absolute Gasteiger partial charge is 0.311 e. The Morgan fingerprint density at radius 2 is 2.38 bits per heavy atom. The number of ether oxygens (including phenoxy) is 1. The minimum atomic E-state index is -0.765. The Hall–Kier alpha value is -2.13. The van der Waals surface area contributed by atoms with Gasteiger partial charge in [0.2, 0.25) is 0 Å². The van der Waals surface area contributed by atoms with E-state index in [2.05, 4.69) is 0 Å². The van der Waals surface area contributed by atoms with Crippen molar-refractivity contribution in [1.82, 2.24) is 0 Å². The number of nitrogens with zero attached hydrogens (tertiary/aromatic N) is 2. The van der Waals surface area contributed by atoms with Gasteiger partial charge in [-0.2, -0.15) is 5.26 Å². The Kier molecular flexibility index (Phi) is 3.80. The Morgan fingerprint density at radius 1 is 1.69 bits per heavy atom. The predicted octanol–water partition coefficient (Wildman–Crippen LogP) is 1.38. The fraction of sp³-hybridized carbons (Fsp3) is 0.300. The van der Waals surface area contributed by atoms with Gasteiger partial charge in [-0.25, -0.2) is 0 Å². The normalized spacial score (nSPS) is 11.6. The molecule has 0 bridgehead atoms. The van der Waals surface area contributed by atoms with Gasteiger partial charge in [-0.15, -0.1) is 0 Å². The maximum absolute atomic E-state index is 10.7. The van der Waals surface area contributed by atoms with E-state index in [1.807, 2.05) is 6.07 Å². The molecule has 0 aromatic heterocycles. The summed E-state index contributed by atoms with van der Waals surface area (Å²) in [6, 6.07) is 5.91. The van der Waals surface area contributed by atoms with Crippen molar-refractivity contribution in [2.75, 3.05) is 0 Å². The minimum absolute atomic E-state index is 0.0243. The van der Waals surface area contributed by atoms with Crippen LogP contribution in [0.1, 0.15) is 12.5 Å². The fourth-order valence-corrected chi connectivity index (χ4v) is 1.12. The van der Waals surface area contributed by atoms with E-state index < -0.39 is 11.0 Å². The third-order valence-corrected chi connectivity index (χ3v) is 1.89. The summed E-state index contributed by atoms with van der Waals surface area (Å²) in [5, 5.41) is 28.1. The zero-order valence-corrected chi connectivity index (χ0v) is 8.58. The molecule has 1 aromatic carbocycles. The van der Waals surface area contributed by atoms with Crippen LogP contribution in [0.2, 0.25) is 0 Å². The number of aliphatic hydroxyl groups is 1. The van der Waals surface area contributed by atoms with E-state index in [4.69, 9.17) is 15.1 Å². The van der Waals surface area contributed by atoms with Crippen LogP contribution in [0.25, 0.3) is 0 Å². The molecule has 1 rings (SSSR count). The lowest BCUT2D eigenvalue weighted by molar-refractivity contribution is -0.386. The molecule has 1 aromatic rings. The Morgan fingerprint density at radius 3 is 2.88 bits per heavy atom. The molecule has 84 valence electrons. The van der Waals surface area contributed by atoms with Gasteiger partial charge in [-0.05, 0) is 18.6 Å². The van der Waals surface area contributed by atoms with Crippen LogP contribution in [0.5, 0.6) is 5.75 Å². The Balaban J connectivity index is 3.09. The molecule has 1 unspecified atom stereocenters. The van der Waals surface area contributed by atoms with E-state index in [1.165, 1.54) is 25.1 Å². The summed E-state index contributed by atoms with van der Waals surface area (Å²) >= 11 is 0. The van der Waals surface area contributed by atoms with Crippen molar-refractivity contribution in [2.45, 2.75) is 19.6 Å². The van der Waals surface area contributed by atoms with Crippen LogP contribution in [0.15, 0.2) is 18.2 Å². The van der Waals surface area contributed by atoms with E-state index in [1.54, 1.807) is 0 Å². The van der Waals surface area contributed by atoms with Crippen molar-refractivity contribution in [3.05, 3.63) is 33.9 Å². The molecular weight excluding hydrogens is 212 g/mol. The summed E-state index contributed by atoms with van der Waals surface area (Å²) in [4.78, 5) is 10.1. The van der Waals surface area contributed by atoms with Gasteiger partial charge >= 0.3 is 5.69 Å². The fourth-order valence-electron chi connectivity index (χ4n) is 1.12. The number of rotatable bonds is 4. The van der Waals surface area contributed by atoms with Crippen molar-refractivity contribution in [3.8, 4) is 11.8 Å². The van der Waals surface area contributed by atoms with E-state index in [0.717, 1.165) is 0 Å². The highest BCUT2D eigenvalue weighted by atomic mass is 16.6. The molecule has 1 atom stereocenters. The molecule has 16 heavy (non-hydrogen) atoms. The largest absolute Gasteiger partial charge is 0.469 e. The number of benzene rings is 1. The molecule has 0 heterocycles. The van der Waals surface area contributed by atoms with Crippen LogP contribution in [-0.4, -0.2) is 16.1 Å². The van der Waals surface area contributed by atoms with Crippen molar-refractivity contribution in [1.29, 1.82) is 5.26 Å². The van der Waals surface area contributed by atoms with Gasteiger partial charge in [0.05, 0.1) is 11.5 Å². The van der Waals surface area contributed by atoms with Crippen LogP contribution >= 0.6 is 0 Å². The first-order chi connectivity index (χ1) is 7.58. The second kappa shape index (κ2) is 5.09. The number of aliphatic hydroxyl groups excluding tert-OH is 1. The molecular formula is C10H10N2O4. The SMILES string of the molecule is CC(C#N)Oc1ccc(CO)cc1[N+](=O)[O-]. The van der Waals surface area contributed by atoms with Crippen LogP contribution in [-0.2, 0) is 6.61 Å². The number of hydrogen-bond acceptors (Lipinski definition) is 5. The van der Waals surface area contributed by atoms with E-state index in [9.17, 15) is 10.1 Å². The van der Waals surface area contributed by atoms with Gasteiger partial charge in [-0.3, -0.25) is 10.1 Å². The lowest BCUT2D eigenvalue weighted by Gasteiger charge is -2.08. The standard InChI is InChI=1S/C10H10N2O4/c1-7(5-11)16-10-3-2-8(6-13)4-9(10)12(14)15/h2-4,7,13H,6H2,1H3. The first-order valence-electron chi connectivity index (χ1n) is 4.53. The lowest BCUT2D eigenvalue weighted by Crippen LogP contribution is -2.09.